The molecule has 0 aliphatic carbocycles. The molecular weight excluding hydrogens is 429 g/mol. The summed E-state index contributed by atoms with van der Waals surface area (Å²) in [6, 6.07) is 13.0. The lowest BCUT2D eigenvalue weighted by molar-refractivity contribution is -0.143. The summed E-state index contributed by atoms with van der Waals surface area (Å²) in [5.41, 5.74) is -0.161. The Morgan fingerprint density at radius 2 is 1.71 bits per heavy atom. The zero-order valence-electron chi connectivity index (χ0n) is 16.5. The van der Waals surface area contributed by atoms with Gasteiger partial charge in [-0.15, -0.1) is 0 Å². The average molecular weight is 449 g/mol. The predicted molar refractivity (Wildman–Crippen MR) is 114 cm³/mol. The van der Waals surface area contributed by atoms with E-state index in [1.807, 2.05) is 12.1 Å². The van der Waals surface area contributed by atoms with Crippen molar-refractivity contribution in [1.29, 1.82) is 0 Å². The van der Waals surface area contributed by atoms with Crippen molar-refractivity contribution in [2.24, 2.45) is 0 Å². The lowest BCUT2D eigenvalue weighted by Crippen LogP contribution is -2.29. The highest BCUT2D eigenvalue weighted by Gasteiger charge is 2.40. The van der Waals surface area contributed by atoms with E-state index in [9.17, 15) is 18.0 Å². The van der Waals surface area contributed by atoms with E-state index in [4.69, 9.17) is 11.6 Å². The first-order valence-corrected chi connectivity index (χ1v) is 10.3. The van der Waals surface area contributed by atoms with Crippen molar-refractivity contribution in [2.75, 3.05) is 23.3 Å². The summed E-state index contributed by atoms with van der Waals surface area (Å²) in [5.74, 6) is -0.883. The van der Waals surface area contributed by atoms with E-state index in [0.717, 1.165) is 37.8 Å². The van der Waals surface area contributed by atoms with Gasteiger partial charge in [-0.25, -0.2) is 4.68 Å². The molecule has 3 aromatic rings. The van der Waals surface area contributed by atoms with E-state index in [1.165, 1.54) is 24.6 Å². The van der Waals surface area contributed by atoms with E-state index in [1.54, 1.807) is 18.2 Å². The number of anilines is 2. The van der Waals surface area contributed by atoms with Gasteiger partial charge in [0.25, 0.3) is 5.91 Å². The van der Waals surface area contributed by atoms with Gasteiger partial charge in [0, 0.05) is 29.5 Å². The third-order valence-electron chi connectivity index (χ3n) is 5.18. The Labute approximate surface area is 182 Å². The lowest BCUT2D eigenvalue weighted by atomic mass is 10.1. The quantitative estimate of drug-likeness (QED) is 0.549. The normalized spacial score (nSPS) is 14.5. The van der Waals surface area contributed by atoms with Crippen molar-refractivity contribution in [3.63, 3.8) is 0 Å². The maximum atomic E-state index is 13.8. The number of alkyl halides is 3. The second-order valence-corrected chi connectivity index (χ2v) is 7.78. The molecule has 162 valence electrons. The van der Waals surface area contributed by atoms with Gasteiger partial charge in [0.2, 0.25) is 0 Å². The molecule has 1 aromatic heterocycles. The summed E-state index contributed by atoms with van der Waals surface area (Å²) in [6.45, 7) is 1.95. The van der Waals surface area contributed by atoms with E-state index in [-0.39, 0.29) is 10.7 Å². The van der Waals surface area contributed by atoms with Crippen molar-refractivity contribution in [1.82, 2.24) is 9.78 Å². The van der Waals surface area contributed by atoms with Crippen LogP contribution in [0.15, 0.2) is 54.7 Å². The van der Waals surface area contributed by atoms with Gasteiger partial charge in [0.05, 0.1) is 17.4 Å². The number of piperidine rings is 1. The smallest absolute Gasteiger partial charge is 0.372 e. The van der Waals surface area contributed by atoms with Crippen molar-refractivity contribution < 1.29 is 18.0 Å². The molecule has 1 aliphatic rings. The number of hydrogen-bond donors (Lipinski definition) is 1. The largest absolute Gasteiger partial charge is 0.434 e. The summed E-state index contributed by atoms with van der Waals surface area (Å²) in [5, 5.41) is 6.61. The van der Waals surface area contributed by atoms with Crippen LogP contribution < -0.4 is 10.2 Å². The fourth-order valence-corrected chi connectivity index (χ4v) is 3.88. The monoisotopic (exact) mass is 448 g/mol. The molecule has 0 saturated carbocycles. The summed E-state index contributed by atoms with van der Waals surface area (Å²) in [6.07, 6.45) is -0.384. The van der Waals surface area contributed by atoms with Crippen LogP contribution in [-0.2, 0) is 6.18 Å². The number of hydrogen-bond acceptors (Lipinski definition) is 3. The van der Waals surface area contributed by atoms with Gasteiger partial charge in [0.15, 0.2) is 5.69 Å². The van der Waals surface area contributed by atoms with Gasteiger partial charge in [-0.05, 0) is 61.7 Å². The Balaban J connectivity index is 1.58. The highest BCUT2D eigenvalue weighted by Crippen LogP contribution is 2.34. The van der Waals surface area contributed by atoms with Crippen LogP contribution in [0.2, 0.25) is 5.02 Å². The molecule has 0 bridgehead atoms. The average Bonchev–Trinajstić information content (AvgIpc) is 3.21. The molecule has 0 spiro atoms. The molecule has 0 unspecified atom stereocenters. The molecule has 31 heavy (non-hydrogen) atoms. The second-order valence-electron chi connectivity index (χ2n) is 7.34. The number of benzene rings is 2. The van der Waals surface area contributed by atoms with Crippen LogP contribution in [-0.4, -0.2) is 28.8 Å². The molecule has 4 rings (SSSR count). The van der Waals surface area contributed by atoms with Crippen LogP contribution in [0.5, 0.6) is 0 Å². The number of amides is 1. The molecule has 5 nitrogen and oxygen atoms in total. The van der Waals surface area contributed by atoms with Crippen LogP contribution in [0, 0.1) is 0 Å². The highest BCUT2D eigenvalue weighted by molar-refractivity contribution is 6.30. The first kappa shape index (κ1) is 21.2. The van der Waals surface area contributed by atoms with Crippen LogP contribution in [0.3, 0.4) is 0 Å². The van der Waals surface area contributed by atoms with Gasteiger partial charge in [-0.3, -0.25) is 4.79 Å². The molecule has 1 saturated heterocycles. The first-order chi connectivity index (χ1) is 14.8. The number of nitrogens with zero attached hydrogens (tertiary/aromatic N) is 3. The van der Waals surface area contributed by atoms with E-state index >= 15 is 0 Å². The Kier molecular flexibility index (Phi) is 5.91. The fraction of sp³-hybridized carbons (Fsp3) is 0.273. The van der Waals surface area contributed by atoms with Crippen molar-refractivity contribution in [3.05, 3.63) is 71.0 Å². The summed E-state index contributed by atoms with van der Waals surface area (Å²) < 4.78 is 42.1. The van der Waals surface area contributed by atoms with E-state index in [0.29, 0.717) is 10.4 Å². The van der Waals surface area contributed by atoms with Crippen LogP contribution >= 0.6 is 11.6 Å². The number of carbonyl (C=O) groups is 1. The minimum atomic E-state index is -4.79. The summed E-state index contributed by atoms with van der Waals surface area (Å²) in [4.78, 5) is 14.9. The van der Waals surface area contributed by atoms with E-state index in [2.05, 4.69) is 15.3 Å². The molecule has 2 heterocycles. The topological polar surface area (TPSA) is 50.2 Å². The number of nitrogens with one attached hydrogen (secondary N) is 1. The van der Waals surface area contributed by atoms with Crippen molar-refractivity contribution in [3.8, 4) is 5.69 Å². The summed E-state index contributed by atoms with van der Waals surface area (Å²) >= 11 is 5.90. The zero-order valence-corrected chi connectivity index (χ0v) is 17.2. The molecule has 9 heteroatoms. The van der Waals surface area contributed by atoms with Gasteiger partial charge < -0.3 is 10.2 Å². The molecule has 1 N–H and O–H groups in total. The molecule has 0 radical (unpaired) electrons. The van der Waals surface area contributed by atoms with Gasteiger partial charge in [-0.2, -0.15) is 18.3 Å². The Morgan fingerprint density at radius 1 is 1.00 bits per heavy atom. The number of aromatic nitrogens is 2. The minimum absolute atomic E-state index is 0.116. The SMILES string of the molecule is O=C(Nc1ccc(N2CCCCC2)cc1)c1cnn(-c2cccc(Cl)c2)c1C(F)(F)F. The predicted octanol–water partition coefficient (Wildman–Crippen LogP) is 5.79. The molecular formula is C22H20ClF3N4O. The van der Waals surface area contributed by atoms with E-state index < -0.39 is 23.3 Å². The third-order valence-corrected chi connectivity index (χ3v) is 5.42. The van der Waals surface area contributed by atoms with Crippen LogP contribution in [0.25, 0.3) is 5.69 Å². The third kappa shape index (κ3) is 4.69. The zero-order chi connectivity index (χ0) is 22.0. The van der Waals surface area contributed by atoms with Gasteiger partial charge in [0.1, 0.15) is 0 Å². The first-order valence-electron chi connectivity index (χ1n) is 9.90. The minimum Gasteiger partial charge on any atom is -0.372 e. The number of rotatable bonds is 4. The van der Waals surface area contributed by atoms with Gasteiger partial charge >= 0.3 is 6.18 Å². The maximum Gasteiger partial charge on any atom is 0.434 e. The molecule has 1 amide bonds. The molecule has 2 aromatic carbocycles. The highest BCUT2D eigenvalue weighted by atomic mass is 35.5. The Morgan fingerprint density at radius 3 is 2.35 bits per heavy atom. The Bertz CT molecular complexity index is 1070. The number of halogens is 4. The fourth-order valence-electron chi connectivity index (χ4n) is 3.70. The number of carbonyl (C=O) groups excluding carboxylic acids is 1. The standard InChI is InChI=1S/C22H20ClF3N4O/c23-15-5-4-6-18(13-15)30-20(22(24,25)26)19(14-27-30)21(31)28-16-7-9-17(10-8-16)29-11-2-1-3-12-29/h4-10,13-14H,1-3,11-12H2,(H,28,31). The maximum absolute atomic E-state index is 13.8. The lowest BCUT2D eigenvalue weighted by Gasteiger charge is -2.28. The molecule has 0 atom stereocenters. The molecule has 1 aliphatic heterocycles. The van der Waals surface area contributed by atoms with Crippen LogP contribution in [0.1, 0.15) is 35.3 Å². The van der Waals surface area contributed by atoms with Crippen LogP contribution in [0.4, 0.5) is 24.5 Å². The molecule has 1 fully saturated rings. The van der Waals surface area contributed by atoms with Gasteiger partial charge in [-0.1, -0.05) is 17.7 Å². The van der Waals surface area contributed by atoms with Crippen molar-refractivity contribution >= 4 is 28.9 Å². The van der Waals surface area contributed by atoms with Crippen molar-refractivity contribution in [2.45, 2.75) is 25.4 Å². The second kappa shape index (κ2) is 8.63. The summed E-state index contributed by atoms with van der Waals surface area (Å²) in [7, 11) is 0. The Hall–Kier alpha value is -3.00.